The van der Waals surface area contributed by atoms with Crippen LogP contribution in [0.4, 0.5) is 13.2 Å². The molecule has 0 saturated carbocycles. The summed E-state index contributed by atoms with van der Waals surface area (Å²) in [6, 6.07) is 0. The molecule has 0 bridgehead atoms. The lowest BCUT2D eigenvalue weighted by Crippen LogP contribution is -2.42. The third kappa shape index (κ3) is 3.03. The largest absolute Gasteiger partial charge is 0.450 e. The summed E-state index contributed by atoms with van der Waals surface area (Å²) < 4.78 is 35.6. The van der Waals surface area contributed by atoms with E-state index in [-0.39, 0.29) is 0 Å². The van der Waals surface area contributed by atoms with Gasteiger partial charge in [0.1, 0.15) is 0 Å². The molecule has 0 radical (unpaired) electrons. The van der Waals surface area contributed by atoms with Gasteiger partial charge < -0.3 is 0 Å². The zero-order chi connectivity index (χ0) is 9.07. The Labute approximate surface area is 62.0 Å². The summed E-state index contributed by atoms with van der Waals surface area (Å²) in [5, 5.41) is 0.391. The summed E-state index contributed by atoms with van der Waals surface area (Å²) in [7, 11) is 1.05. The molecule has 0 atom stereocenters. The number of rotatable bonds is 1. The topological polar surface area (TPSA) is 41.6 Å². The first-order valence-electron chi connectivity index (χ1n) is 2.64. The molecule has 11 heavy (non-hydrogen) atoms. The molecule has 0 unspecified atom stereocenters. The number of aliphatic imine (C=N–C) groups is 1. The minimum atomic E-state index is -4.53. The van der Waals surface area contributed by atoms with Crippen molar-refractivity contribution in [3.05, 3.63) is 12.8 Å². The van der Waals surface area contributed by atoms with Gasteiger partial charge in [-0.1, -0.05) is 6.58 Å². The van der Waals surface area contributed by atoms with Gasteiger partial charge in [0.15, 0.2) is 0 Å². The monoisotopic (exact) mass is 167 g/mol. The van der Waals surface area contributed by atoms with Crippen molar-refractivity contribution in [3.63, 3.8) is 0 Å². The van der Waals surface area contributed by atoms with Crippen molar-refractivity contribution in [1.29, 1.82) is 0 Å². The highest BCUT2D eigenvalue weighted by Crippen LogP contribution is 2.17. The number of hydrogen-bond acceptors (Lipinski definition) is 2. The van der Waals surface area contributed by atoms with Crippen LogP contribution in [0.3, 0.4) is 0 Å². The number of alkyl halides is 3. The summed E-state index contributed by atoms with van der Waals surface area (Å²) >= 11 is 0. The molecule has 0 aliphatic heterocycles. The van der Waals surface area contributed by atoms with E-state index in [9.17, 15) is 13.2 Å². The van der Waals surface area contributed by atoms with Gasteiger partial charge >= 0.3 is 6.18 Å². The van der Waals surface area contributed by atoms with Gasteiger partial charge in [-0.25, -0.2) is 10.8 Å². The van der Waals surface area contributed by atoms with Gasteiger partial charge in [-0.3, -0.25) is 5.01 Å². The minimum absolute atomic E-state index is 0.391. The first-order valence-corrected chi connectivity index (χ1v) is 2.64. The maximum absolute atomic E-state index is 11.9. The van der Waals surface area contributed by atoms with Gasteiger partial charge in [0.25, 0.3) is 0 Å². The average molecular weight is 167 g/mol. The second-order valence-electron chi connectivity index (χ2n) is 1.74. The SMILES string of the molecule is C=CN=C(N(C)N)C(F)(F)F. The summed E-state index contributed by atoms with van der Waals surface area (Å²) in [6.45, 7) is 3.03. The minimum Gasteiger partial charge on any atom is -0.294 e. The van der Waals surface area contributed by atoms with Crippen LogP contribution in [0.1, 0.15) is 0 Å². The molecule has 0 aromatic carbocycles. The Morgan fingerprint density at radius 1 is 1.64 bits per heavy atom. The first kappa shape index (κ1) is 9.96. The Morgan fingerprint density at radius 3 is 2.18 bits per heavy atom. The highest BCUT2D eigenvalue weighted by molar-refractivity contribution is 5.87. The molecule has 0 rings (SSSR count). The molecule has 0 spiro atoms. The van der Waals surface area contributed by atoms with E-state index in [2.05, 4.69) is 11.6 Å². The van der Waals surface area contributed by atoms with Crippen LogP contribution in [0.2, 0.25) is 0 Å². The van der Waals surface area contributed by atoms with Gasteiger partial charge in [0.2, 0.25) is 5.84 Å². The average Bonchev–Trinajstić information content (AvgIpc) is 1.79. The van der Waals surface area contributed by atoms with Crippen LogP contribution in [0.25, 0.3) is 0 Å². The van der Waals surface area contributed by atoms with Crippen LogP contribution in [0.5, 0.6) is 0 Å². The fourth-order valence-electron chi connectivity index (χ4n) is 0.451. The third-order valence-electron chi connectivity index (χ3n) is 0.801. The Kier molecular flexibility index (Phi) is 3.06. The van der Waals surface area contributed by atoms with E-state index in [0.29, 0.717) is 5.01 Å². The Hall–Kier alpha value is -1.04. The summed E-state index contributed by atoms with van der Waals surface area (Å²) in [6.07, 6.45) is -3.75. The number of hydrogen-bond donors (Lipinski definition) is 1. The maximum atomic E-state index is 11.9. The van der Waals surface area contributed by atoms with E-state index in [4.69, 9.17) is 5.84 Å². The third-order valence-corrected chi connectivity index (χ3v) is 0.801. The van der Waals surface area contributed by atoms with Crippen molar-refractivity contribution in [2.45, 2.75) is 6.18 Å². The smallest absolute Gasteiger partial charge is 0.294 e. The first-order chi connectivity index (χ1) is 4.89. The second-order valence-corrected chi connectivity index (χ2v) is 1.74. The van der Waals surface area contributed by atoms with E-state index < -0.39 is 12.0 Å². The Balaban J connectivity index is 4.62. The second kappa shape index (κ2) is 3.38. The standard InChI is InChI=1S/C5H8F3N3/c1-3-10-4(11(2)9)5(6,7)8/h3H,1,9H2,2H3. The number of nitrogens with two attached hydrogens (primary N) is 1. The molecular formula is C5H8F3N3. The fourth-order valence-corrected chi connectivity index (χ4v) is 0.451. The van der Waals surface area contributed by atoms with Crippen LogP contribution >= 0.6 is 0 Å². The van der Waals surface area contributed by atoms with Crippen molar-refractivity contribution >= 4 is 5.84 Å². The fraction of sp³-hybridized carbons (Fsp3) is 0.400. The van der Waals surface area contributed by atoms with Crippen LogP contribution in [-0.2, 0) is 0 Å². The molecule has 0 aliphatic rings. The van der Waals surface area contributed by atoms with Gasteiger partial charge in [0, 0.05) is 13.2 Å². The number of amidine groups is 1. The quantitative estimate of drug-likeness (QED) is 0.273. The van der Waals surface area contributed by atoms with Gasteiger partial charge in [0.05, 0.1) is 0 Å². The van der Waals surface area contributed by atoms with E-state index in [0.717, 1.165) is 13.2 Å². The lowest BCUT2D eigenvalue weighted by Gasteiger charge is -2.16. The molecule has 0 saturated heterocycles. The Morgan fingerprint density at radius 2 is 2.09 bits per heavy atom. The van der Waals surface area contributed by atoms with Crippen LogP contribution in [0.15, 0.2) is 17.8 Å². The van der Waals surface area contributed by atoms with Crippen molar-refractivity contribution in [2.24, 2.45) is 10.8 Å². The maximum Gasteiger partial charge on any atom is 0.450 e. The zero-order valence-corrected chi connectivity index (χ0v) is 5.89. The highest BCUT2D eigenvalue weighted by Gasteiger charge is 2.37. The number of nitrogens with zero attached hydrogens (tertiary/aromatic N) is 2. The van der Waals surface area contributed by atoms with Crippen LogP contribution < -0.4 is 5.84 Å². The van der Waals surface area contributed by atoms with Gasteiger partial charge in [-0.2, -0.15) is 13.2 Å². The van der Waals surface area contributed by atoms with Crippen molar-refractivity contribution in [3.8, 4) is 0 Å². The zero-order valence-electron chi connectivity index (χ0n) is 5.89. The predicted molar refractivity (Wildman–Crippen MR) is 35.6 cm³/mol. The van der Waals surface area contributed by atoms with Gasteiger partial charge in [-0.15, -0.1) is 0 Å². The van der Waals surface area contributed by atoms with E-state index in [1.165, 1.54) is 0 Å². The molecule has 0 aromatic heterocycles. The number of hydrazine groups is 1. The highest BCUT2D eigenvalue weighted by atomic mass is 19.4. The molecule has 0 heterocycles. The lowest BCUT2D eigenvalue weighted by molar-refractivity contribution is -0.0678. The normalized spacial score (nSPS) is 13.0. The predicted octanol–water partition coefficient (Wildman–Crippen LogP) is 0.896. The molecule has 2 N–H and O–H groups in total. The lowest BCUT2D eigenvalue weighted by atomic mass is 10.5. The molecule has 64 valence electrons. The molecule has 0 amide bonds. The molecule has 0 aromatic rings. The van der Waals surface area contributed by atoms with Crippen molar-refractivity contribution in [1.82, 2.24) is 5.01 Å². The Bertz CT molecular complexity index is 170. The van der Waals surface area contributed by atoms with Crippen LogP contribution in [-0.4, -0.2) is 24.1 Å². The summed E-state index contributed by atoms with van der Waals surface area (Å²) in [4.78, 5) is 2.95. The molecule has 0 fully saturated rings. The number of halogens is 3. The summed E-state index contributed by atoms with van der Waals surface area (Å²) in [5.74, 6) is 3.67. The van der Waals surface area contributed by atoms with Gasteiger partial charge in [-0.05, 0) is 0 Å². The van der Waals surface area contributed by atoms with Crippen LogP contribution in [0, 0.1) is 0 Å². The van der Waals surface area contributed by atoms with E-state index in [1.54, 1.807) is 0 Å². The van der Waals surface area contributed by atoms with Crippen molar-refractivity contribution < 1.29 is 13.2 Å². The summed E-state index contributed by atoms with van der Waals surface area (Å²) in [5.41, 5.74) is 0. The molecular weight excluding hydrogens is 159 g/mol. The molecule has 6 heteroatoms. The van der Waals surface area contributed by atoms with Crippen molar-refractivity contribution in [2.75, 3.05) is 7.05 Å². The molecule has 0 aliphatic carbocycles. The van der Waals surface area contributed by atoms with E-state index >= 15 is 0 Å². The van der Waals surface area contributed by atoms with E-state index in [1.807, 2.05) is 0 Å². The molecule has 3 nitrogen and oxygen atoms in total.